The number of thiocarbonyl (C=S) groups is 1. The molecule has 0 amide bonds. The fourth-order valence-electron chi connectivity index (χ4n) is 1.80. The second-order valence-corrected chi connectivity index (χ2v) is 4.16. The zero-order valence-electron chi connectivity index (χ0n) is 8.55. The fraction of sp³-hybridized carbons (Fsp3) is 0. The van der Waals surface area contributed by atoms with Crippen molar-refractivity contribution in [3.63, 3.8) is 0 Å². The molecule has 3 rings (SSSR count). The maximum absolute atomic E-state index is 4.13. The van der Waals surface area contributed by atoms with Crippen molar-refractivity contribution in [2.24, 2.45) is 0 Å². The Hall–Kier alpha value is -1.32. The molecule has 0 aliphatic carbocycles. The lowest BCUT2D eigenvalue weighted by Crippen LogP contribution is -1.62. The van der Waals surface area contributed by atoms with E-state index in [1.165, 1.54) is 26.5 Å². The summed E-state index contributed by atoms with van der Waals surface area (Å²) < 4.78 is 1.28. The molecule has 0 spiro atoms. The Kier molecular flexibility index (Phi) is 3.59. The van der Waals surface area contributed by atoms with Crippen molar-refractivity contribution in [3.8, 4) is 0 Å². The summed E-state index contributed by atoms with van der Waals surface area (Å²) in [6.07, 6.45) is 0. The summed E-state index contributed by atoms with van der Waals surface area (Å²) in [6.45, 7) is 0. The molecule has 0 aliphatic heterocycles. The Morgan fingerprint density at radius 3 is 1.69 bits per heavy atom. The minimum absolute atomic E-state index is 1.21. The highest BCUT2D eigenvalue weighted by atomic mass is 32.1. The monoisotopic (exact) mass is 245 g/mol. The molecular weight excluding hydrogens is 234 g/mol. The van der Waals surface area contributed by atoms with Gasteiger partial charge < -0.3 is 4.98 Å². The third-order valence-electron chi connectivity index (χ3n) is 2.41. The van der Waals surface area contributed by atoms with E-state index in [4.69, 9.17) is 0 Å². The molecule has 3 aromatic rings. The second-order valence-electron chi connectivity index (χ2n) is 3.32. The zero-order chi connectivity index (χ0) is 11.4. The van der Waals surface area contributed by atoms with Crippen LogP contribution < -0.4 is 0 Å². The predicted octanol–water partition coefficient (Wildman–Crippen LogP) is 4.19. The van der Waals surface area contributed by atoms with Crippen LogP contribution in [0.5, 0.6) is 0 Å². The molecule has 0 fully saturated rings. The number of nitrogens with one attached hydrogen (secondary N) is 1. The van der Waals surface area contributed by atoms with Gasteiger partial charge in [0.25, 0.3) is 0 Å². The van der Waals surface area contributed by atoms with Crippen molar-refractivity contribution in [1.82, 2.24) is 4.98 Å². The Labute approximate surface area is 105 Å². The van der Waals surface area contributed by atoms with Gasteiger partial charge in [0.15, 0.2) is 0 Å². The number of fused-ring (bicyclic) bond motifs is 3. The first kappa shape index (κ1) is 11.2. The molecule has 0 saturated heterocycles. The third-order valence-corrected chi connectivity index (χ3v) is 2.41. The summed E-state index contributed by atoms with van der Waals surface area (Å²) in [4.78, 5) is 3.38. The summed E-state index contributed by atoms with van der Waals surface area (Å²) in [5.74, 6) is 0. The van der Waals surface area contributed by atoms with Crippen molar-refractivity contribution < 1.29 is 0 Å². The lowest BCUT2D eigenvalue weighted by molar-refractivity contribution is 1.55. The van der Waals surface area contributed by atoms with Crippen LogP contribution in [0.2, 0.25) is 0 Å². The number of hydrogen-bond donors (Lipinski definition) is 2. The maximum atomic E-state index is 4.13. The number of para-hydroxylation sites is 2. The van der Waals surface area contributed by atoms with E-state index in [0.717, 1.165) is 0 Å². The molecule has 0 radical (unpaired) electrons. The Balaban J connectivity index is 0.000000292. The largest absolute Gasteiger partial charge is 0.355 e. The molecule has 0 unspecified atom stereocenters. The number of aromatic nitrogens is 1. The number of H-pyrrole nitrogens is 1. The Morgan fingerprint density at radius 1 is 0.875 bits per heavy atom. The average molecular weight is 245 g/mol. The topological polar surface area (TPSA) is 15.8 Å². The van der Waals surface area contributed by atoms with Crippen LogP contribution in [0.1, 0.15) is 0 Å². The average Bonchev–Trinajstić information content (AvgIpc) is 2.68. The molecule has 1 aromatic heterocycles. The van der Waals surface area contributed by atoms with Crippen LogP contribution >= 0.6 is 24.8 Å². The first-order valence-corrected chi connectivity index (χ1v) is 5.89. The summed E-state index contributed by atoms with van der Waals surface area (Å²) >= 11 is 7.61. The predicted molar refractivity (Wildman–Crippen MR) is 78.4 cm³/mol. The maximum Gasteiger partial charge on any atom is 0.0464 e. The van der Waals surface area contributed by atoms with Gasteiger partial charge in [0.1, 0.15) is 0 Å². The van der Waals surface area contributed by atoms with Crippen molar-refractivity contribution in [2.75, 3.05) is 0 Å². The van der Waals surface area contributed by atoms with E-state index >= 15 is 0 Å². The van der Waals surface area contributed by atoms with Crippen molar-refractivity contribution in [1.29, 1.82) is 0 Å². The van der Waals surface area contributed by atoms with Gasteiger partial charge in [-0.1, -0.05) is 48.6 Å². The van der Waals surface area contributed by atoms with Gasteiger partial charge in [0.2, 0.25) is 0 Å². The first-order chi connectivity index (χ1) is 7.86. The van der Waals surface area contributed by atoms with Crippen molar-refractivity contribution >= 4 is 51.4 Å². The van der Waals surface area contributed by atoms with Gasteiger partial charge >= 0.3 is 0 Å². The zero-order valence-corrected chi connectivity index (χ0v) is 10.3. The van der Waals surface area contributed by atoms with Gasteiger partial charge in [0.05, 0.1) is 0 Å². The molecule has 1 nitrogen and oxygen atoms in total. The minimum atomic E-state index is 1.21. The van der Waals surface area contributed by atoms with Crippen LogP contribution in [0.3, 0.4) is 0 Å². The highest BCUT2D eigenvalue weighted by Gasteiger charge is 2.00. The minimum Gasteiger partial charge on any atom is -0.355 e. The number of benzene rings is 2. The van der Waals surface area contributed by atoms with Crippen LogP contribution in [0.15, 0.2) is 48.5 Å². The summed E-state index contributed by atoms with van der Waals surface area (Å²) in [5, 5.41) is 2.61. The van der Waals surface area contributed by atoms with Gasteiger partial charge in [-0.2, -0.15) is 0 Å². The fourth-order valence-corrected chi connectivity index (χ4v) is 1.80. The molecule has 2 aromatic carbocycles. The molecule has 1 heterocycles. The van der Waals surface area contributed by atoms with Crippen molar-refractivity contribution in [3.05, 3.63) is 48.5 Å². The lowest BCUT2D eigenvalue weighted by atomic mass is 10.2. The van der Waals surface area contributed by atoms with Crippen LogP contribution in [0.4, 0.5) is 0 Å². The van der Waals surface area contributed by atoms with Gasteiger partial charge in [-0.05, 0) is 12.1 Å². The molecule has 80 valence electrons. The number of hydrogen-bond acceptors (Lipinski definition) is 1. The molecule has 3 heteroatoms. The van der Waals surface area contributed by atoms with Gasteiger partial charge in [0, 0.05) is 26.5 Å². The molecule has 1 N–H and O–H groups in total. The van der Waals surface area contributed by atoms with Gasteiger partial charge in [-0.25, -0.2) is 0 Å². The van der Waals surface area contributed by atoms with Crippen molar-refractivity contribution in [2.45, 2.75) is 0 Å². The molecule has 16 heavy (non-hydrogen) atoms. The highest BCUT2D eigenvalue weighted by molar-refractivity contribution is 8.08. The van der Waals surface area contributed by atoms with E-state index in [1.807, 2.05) is 0 Å². The Morgan fingerprint density at radius 2 is 1.25 bits per heavy atom. The molecule has 0 atom stereocenters. The molecule has 0 saturated carbocycles. The first-order valence-electron chi connectivity index (χ1n) is 4.90. The smallest absolute Gasteiger partial charge is 0.0464 e. The highest BCUT2D eigenvalue weighted by Crippen LogP contribution is 2.24. The van der Waals surface area contributed by atoms with E-state index in [1.54, 1.807) is 0 Å². The van der Waals surface area contributed by atoms with E-state index in [-0.39, 0.29) is 0 Å². The Bertz CT molecular complexity index is 563. The molecule has 0 bridgehead atoms. The summed E-state index contributed by atoms with van der Waals surface area (Å²) in [6, 6.07) is 16.8. The third kappa shape index (κ3) is 2.10. The van der Waals surface area contributed by atoms with E-state index in [9.17, 15) is 0 Å². The molecule has 0 aliphatic rings. The molecular formula is C13H11NS2. The van der Waals surface area contributed by atoms with Crippen LogP contribution in [0.25, 0.3) is 21.8 Å². The van der Waals surface area contributed by atoms with E-state index in [0.29, 0.717) is 0 Å². The van der Waals surface area contributed by atoms with Gasteiger partial charge in [-0.3, -0.25) is 0 Å². The number of aromatic amines is 1. The van der Waals surface area contributed by atoms with E-state index < -0.39 is 0 Å². The van der Waals surface area contributed by atoms with Gasteiger partial charge in [-0.15, -0.1) is 12.6 Å². The standard InChI is InChI=1S/C12H9N.CH2S2/c1-3-7-11-9(5-1)10-6-2-4-8-12(10)13-11;2-1-3/h1-8,13H;1H,(H,2,3). The van der Waals surface area contributed by atoms with E-state index in [2.05, 4.69) is 78.4 Å². The van der Waals surface area contributed by atoms with Crippen LogP contribution in [-0.2, 0) is 0 Å². The second kappa shape index (κ2) is 5.14. The summed E-state index contributed by atoms with van der Waals surface area (Å²) in [5.41, 5.74) is 2.42. The lowest BCUT2D eigenvalue weighted by Gasteiger charge is -1.87. The SMILES string of the molecule is S=CS.c1ccc2c(c1)[nH]c1ccccc12. The quantitative estimate of drug-likeness (QED) is 0.448. The number of rotatable bonds is 0. The van der Waals surface area contributed by atoms with Crippen LogP contribution in [0, 0.1) is 0 Å². The normalized spacial score (nSPS) is 9.81. The number of thiol groups is 1. The summed E-state index contributed by atoms with van der Waals surface area (Å²) in [7, 11) is 0. The van der Waals surface area contributed by atoms with Crippen LogP contribution in [-0.4, -0.2) is 9.68 Å².